The highest BCUT2D eigenvalue weighted by Gasteiger charge is 2.11. The molecule has 162 valence electrons. The van der Waals surface area contributed by atoms with Crippen molar-refractivity contribution >= 4 is 0 Å². The topological polar surface area (TPSA) is 115 Å². The highest BCUT2D eigenvalue weighted by atomic mass is 16.6. The summed E-state index contributed by atoms with van der Waals surface area (Å²) in [5, 5.41) is 16.7. The highest BCUT2D eigenvalue weighted by molar-refractivity contribution is 5.64. The number of ether oxygens (including phenoxy) is 4. The van der Waals surface area contributed by atoms with Crippen LogP contribution in [-0.4, -0.2) is 66.9 Å². The van der Waals surface area contributed by atoms with Crippen molar-refractivity contribution in [1.82, 2.24) is 20.2 Å². The molecule has 3 rings (SSSR count). The molecule has 0 radical (unpaired) electrons. The minimum atomic E-state index is 0.332. The molecule has 0 saturated carbocycles. The van der Waals surface area contributed by atoms with Gasteiger partial charge in [0, 0.05) is 30.1 Å². The van der Waals surface area contributed by atoms with E-state index >= 15 is 0 Å². The number of aryl methyl sites for hydroxylation is 1. The van der Waals surface area contributed by atoms with Crippen LogP contribution in [0.2, 0.25) is 0 Å². The van der Waals surface area contributed by atoms with Crippen molar-refractivity contribution in [3.63, 3.8) is 0 Å². The van der Waals surface area contributed by atoms with Crippen LogP contribution in [0.3, 0.4) is 0 Å². The van der Waals surface area contributed by atoms with Gasteiger partial charge in [-0.05, 0) is 37.3 Å². The Kier molecular flexibility index (Phi) is 8.48. The number of nitriles is 1. The molecule has 0 aliphatic rings. The summed E-state index contributed by atoms with van der Waals surface area (Å²) in [5.41, 5.74) is 2.93. The minimum absolute atomic E-state index is 0.332. The number of hydrogen-bond donors (Lipinski definition) is 1. The summed E-state index contributed by atoms with van der Waals surface area (Å²) in [6.45, 7) is 4.73. The van der Waals surface area contributed by atoms with Crippen molar-refractivity contribution in [2.24, 2.45) is 0 Å². The van der Waals surface area contributed by atoms with E-state index in [0.29, 0.717) is 62.6 Å². The van der Waals surface area contributed by atoms with Crippen LogP contribution in [-0.2, 0) is 14.2 Å². The van der Waals surface area contributed by atoms with Crippen molar-refractivity contribution in [3.8, 4) is 34.6 Å². The van der Waals surface area contributed by atoms with E-state index in [4.69, 9.17) is 18.9 Å². The molecule has 0 unspecified atom stereocenters. The van der Waals surface area contributed by atoms with Gasteiger partial charge in [0.25, 0.3) is 0 Å². The molecule has 2 aromatic heterocycles. The first kappa shape index (κ1) is 22.4. The second-order valence-corrected chi connectivity index (χ2v) is 6.58. The lowest BCUT2D eigenvalue weighted by molar-refractivity contribution is 0.0179. The molecule has 3 aromatic rings. The van der Waals surface area contributed by atoms with Gasteiger partial charge in [-0.25, -0.2) is 4.98 Å². The number of nitrogens with zero attached hydrogens (tertiary/aromatic N) is 4. The highest BCUT2D eigenvalue weighted by Crippen LogP contribution is 2.26. The van der Waals surface area contributed by atoms with Gasteiger partial charge in [0.1, 0.15) is 18.4 Å². The molecule has 0 saturated heterocycles. The Bertz CT molecular complexity index is 1020. The molecule has 0 bridgehead atoms. The first-order chi connectivity index (χ1) is 15.2. The lowest BCUT2D eigenvalue weighted by Gasteiger charge is -2.09. The average molecular weight is 423 g/mol. The van der Waals surface area contributed by atoms with Gasteiger partial charge in [0.15, 0.2) is 11.6 Å². The molecule has 0 atom stereocenters. The van der Waals surface area contributed by atoms with E-state index in [1.54, 1.807) is 25.4 Å². The third-order valence-electron chi connectivity index (χ3n) is 4.30. The van der Waals surface area contributed by atoms with E-state index in [1.165, 1.54) is 0 Å². The number of methoxy groups -OCH3 is 1. The molecule has 1 aromatic carbocycles. The predicted molar refractivity (Wildman–Crippen MR) is 114 cm³/mol. The number of hydrogen-bond acceptors (Lipinski definition) is 8. The quantitative estimate of drug-likeness (QED) is 0.442. The summed E-state index contributed by atoms with van der Waals surface area (Å²) in [7, 11) is 1.63. The molecule has 0 amide bonds. The van der Waals surface area contributed by atoms with E-state index < -0.39 is 0 Å². The van der Waals surface area contributed by atoms with Gasteiger partial charge in [-0.1, -0.05) is 0 Å². The largest absolute Gasteiger partial charge is 0.490 e. The maximum Gasteiger partial charge on any atom is 0.181 e. The van der Waals surface area contributed by atoms with Crippen molar-refractivity contribution in [2.45, 2.75) is 6.92 Å². The number of nitrogens with one attached hydrogen (secondary N) is 1. The van der Waals surface area contributed by atoms with Gasteiger partial charge in [0.05, 0.1) is 38.6 Å². The summed E-state index contributed by atoms with van der Waals surface area (Å²) < 4.78 is 21.4. The van der Waals surface area contributed by atoms with E-state index in [2.05, 4.69) is 26.2 Å². The Labute approximate surface area is 181 Å². The number of rotatable bonds is 12. The maximum atomic E-state index is 9.50. The fourth-order valence-corrected chi connectivity index (χ4v) is 2.77. The van der Waals surface area contributed by atoms with Crippen LogP contribution >= 0.6 is 0 Å². The molecule has 0 fully saturated rings. The van der Waals surface area contributed by atoms with Gasteiger partial charge < -0.3 is 18.9 Å². The van der Waals surface area contributed by atoms with Crippen LogP contribution in [0.25, 0.3) is 22.8 Å². The molecule has 1 N–H and O–H groups in total. The zero-order valence-corrected chi connectivity index (χ0v) is 17.6. The van der Waals surface area contributed by atoms with Crippen LogP contribution in [0.15, 0.2) is 36.5 Å². The minimum Gasteiger partial charge on any atom is -0.490 e. The number of benzene rings is 1. The predicted octanol–water partition coefficient (Wildman–Crippen LogP) is 2.77. The summed E-state index contributed by atoms with van der Waals surface area (Å²) in [4.78, 5) is 8.72. The van der Waals surface area contributed by atoms with Crippen LogP contribution in [0.5, 0.6) is 5.75 Å². The third-order valence-corrected chi connectivity index (χ3v) is 4.30. The van der Waals surface area contributed by atoms with Gasteiger partial charge in [-0.15, -0.1) is 0 Å². The zero-order valence-electron chi connectivity index (χ0n) is 17.6. The average Bonchev–Trinajstić information content (AvgIpc) is 3.28. The summed E-state index contributed by atoms with van der Waals surface area (Å²) >= 11 is 0. The maximum absolute atomic E-state index is 9.50. The summed E-state index contributed by atoms with van der Waals surface area (Å²) in [6, 6.07) is 11.2. The molecule has 2 heterocycles. The van der Waals surface area contributed by atoms with E-state index in [9.17, 15) is 5.26 Å². The summed E-state index contributed by atoms with van der Waals surface area (Å²) in [6.07, 6.45) is 1.73. The Morgan fingerprint density at radius 1 is 0.968 bits per heavy atom. The SMILES string of the molecule is COCCOCCOCCOc1ccc(-c2n[nH]c(-c3ccnc(C)c3)n2)cc1C#N. The molecule has 9 nitrogen and oxygen atoms in total. The Morgan fingerprint density at radius 3 is 2.48 bits per heavy atom. The van der Waals surface area contributed by atoms with Crippen molar-refractivity contribution in [3.05, 3.63) is 47.8 Å². The van der Waals surface area contributed by atoms with Crippen molar-refractivity contribution in [1.29, 1.82) is 5.26 Å². The van der Waals surface area contributed by atoms with Gasteiger partial charge in [-0.3, -0.25) is 10.1 Å². The monoisotopic (exact) mass is 423 g/mol. The van der Waals surface area contributed by atoms with Crippen LogP contribution in [0.1, 0.15) is 11.3 Å². The van der Waals surface area contributed by atoms with Crippen molar-refractivity contribution in [2.75, 3.05) is 46.8 Å². The van der Waals surface area contributed by atoms with Crippen LogP contribution < -0.4 is 4.74 Å². The van der Waals surface area contributed by atoms with Gasteiger partial charge >= 0.3 is 0 Å². The fraction of sp³-hybridized carbons (Fsp3) is 0.364. The van der Waals surface area contributed by atoms with Gasteiger partial charge in [-0.2, -0.15) is 10.4 Å². The Hall–Kier alpha value is -3.32. The second-order valence-electron chi connectivity index (χ2n) is 6.58. The molecular weight excluding hydrogens is 398 g/mol. The fourth-order valence-electron chi connectivity index (χ4n) is 2.77. The van der Waals surface area contributed by atoms with E-state index in [-0.39, 0.29) is 0 Å². The van der Waals surface area contributed by atoms with E-state index in [0.717, 1.165) is 16.8 Å². The smallest absolute Gasteiger partial charge is 0.181 e. The van der Waals surface area contributed by atoms with Crippen LogP contribution in [0, 0.1) is 18.3 Å². The number of H-pyrrole nitrogens is 1. The third kappa shape index (κ3) is 6.58. The first-order valence-electron chi connectivity index (χ1n) is 9.88. The number of pyridine rings is 1. The van der Waals surface area contributed by atoms with Crippen LogP contribution in [0.4, 0.5) is 0 Å². The first-order valence-corrected chi connectivity index (χ1v) is 9.88. The number of aromatic amines is 1. The standard InChI is InChI=1S/C22H25N5O4/c1-16-13-18(5-6-24-16)22-25-21(26-27-22)17-3-4-20(19(14-17)15-23)31-12-11-30-10-9-29-8-7-28-2/h3-6,13-14H,7-12H2,1-2H3,(H,25,26,27). The van der Waals surface area contributed by atoms with Crippen molar-refractivity contribution < 1.29 is 18.9 Å². The molecule has 31 heavy (non-hydrogen) atoms. The van der Waals surface area contributed by atoms with Gasteiger partial charge in [0.2, 0.25) is 0 Å². The molecule has 0 spiro atoms. The lowest BCUT2D eigenvalue weighted by Crippen LogP contribution is -2.12. The summed E-state index contributed by atoms with van der Waals surface area (Å²) in [5.74, 6) is 1.64. The number of aromatic nitrogens is 4. The van der Waals surface area contributed by atoms with E-state index in [1.807, 2.05) is 25.1 Å². The second kappa shape index (κ2) is 11.8. The zero-order chi connectivity index (χ0) is 21.9. The molecule has 0 aliphatic carbocycles. The Morgan fingerprint density at radius 2 is 1.74 bits per heavy atom. The lowest BCUT2D eigenvalue weighted by atomic mass is 10.1. The normalized spacial score (nSPS) is 10.7. The Balaban J connectivity index is 1.54. The molecule has 9 heteroatoms. The molecule has 0 aliphatic heterocycles. The molecular formula is C22H25N5O4.